The standard InChI is InChI=1S/C15H28F3N5O.HI/c1-11(2)20-14(19-10-13(24)21(4)5)23-8-6-22(7-9-23)12(3)15(16,17)18;/h11-12H,6-10H2,1-5H3,(H,19,20);1H. The molecule has 1 unspecified atom stereocenters. The first kappa shape index (κ1) is 24.2. The number of carbonyl (C=O) groups is 1. The molecule has 1 amide bonds. The molecule has 1 aliphatic rings. The van der Waals surface area contributed by atoms with Gasteiger partial charge in [0.05, 0.1) is 0 Å². The molecule has 6 nitrogen and oxygen atoms in total. The lowest BCUT2D eigenvalue weighted by Crippen LogP contribution is -2.57. The van der Waals surface area contributed by atoms with Crippen LogP contribution in [-0.2, 0) is 4.79 Å². The number of halogens is 4. The maximum atomic E-state index is 12.8. The van der Waals surface area contributed by atoms with Crippen LogP contribution in [0.2, 0.25) is 0 Å². The molecule has 1 atom stereocenters. The largest absolute Gasteiger partial charge is 0.403 e. The molecule has 1 saturated heterocycles. The van der Waals surface area contributed by atoms with Crippen LogP contribution in [0.1, 0.15) is 20.8 Å². The number of hydrogen-bond donors (Lipinski definition) is 1. The number of aliphatic imine (C=N–C) groups is 1. The number of hydrogen-bond acceptors (Lipinski definition) is 3. The van der Waals surface area contributed by atoms with E-state index in [-0.39, 0.29) is 42.5 Å². The number of guanidine groups is 1. The first-order valence-electron chi connectivity index (χ1n) is 8.09. The molecule has 25 heavy (non-hydrogen) atoms. The summed E-state index contributed by atoms with van der Waals surface area (Å²) in [5, 5.41) is 3.18. The van der Waals surface area contributed by atoms with Gasteiger partial charge in [-0.2, -0.15) is 13.2 Å². The first-order chi connectivity index (χ1) is 11.0. The van der Waals surface area contributed by atoms with Gasteiger partial charge in [0.1, 0.15) is 12.6 Å². The van der Waals surface area contributed by atoms with Crippen LogP contribution in [0.4, 0.5) is 13.2 Å². The fraction of sp³-hybridized carbons (Fsp3) is 0.867. The number of piperazine rings is 1. The fourth-order valence-corrected chi connectivity index (χ4v) is 2.31. The summed E-state index contributed by atoms with van der Waals surface area (Å²) in [4.78, 5) is 20.8. The van der Waals surface area contributed by atoms with Crippen molar-refractivity contribution in [3.8, 4) is 0 Å². The number of amides is 1. The van der Waals surface area contributed by atoms with Gasteiger partial charge in [-0.05, 0) is 20.8 Å². The number of rotatable bonds is 4. The van der Waals surface area contributed by atoms with Gasteiger partial charge < -0.3 is 15.1 Å². The van der Waals surface area contributed by atoms with Crippen LogP contribution in [0.25, 0.3) is 0 Å². The van der Waals surface area contributed by atoms with Gasteiger partial charge in [0, 0.05) is 46.3 Å². The summed E-state index contributed by atoms with van der Waals surface area (Å²) in [6.07, 6.45) is -4.21. The van der Waals surface area contributed by atoms with Crippen LogP contribution in [0.5, 0.6) is 0 Å². The number of alkyl halides is 3. The quantitative estimate of drug-likeness (QED) is 0.379. The zero-order valence-electron chi connectivity index (χ0n) is 15.4. The van der Waals surface area contributed by atoms with Crippen molar-refractivity contribution in [1.29, 1.82) is 0 Å². The Bertz CT molecular complexity index is 449. The van der Waals surface area contributed by atoms with Crippen LogP contribution in [-0.4, -0.2) is 91.6 Å². The zero-order valence-corrected chi connectivity index (χ0v) is 17.8. The molecule has 0 aromatic rings. The van der Waals surface area contributed by atoms with Gasteiger partial charge in [-0.25, -0.2) is 4.99 Å². The van der Waals surface area contributed by atoms with Crippen molar-refractivity contribution >= 4 is 35.8 Å². The van der Waals surface area contributed by atoms with Gasteiger partial charge in [0.2, 0.25) is 5.91 Å². The minimum absolute atomic E-state index is 0. The molecule has 1 heterocycles. The monoisotopic (exact) mass is 479 g/mol. The molecule has 1 N–H and O–H groups in total. The number of nitrogens with one attached hydrogen (secondary N) is 1. The smallest absolute Gasteiger partial charge is 0.354 e. The second kappa shape index (κ2) is 10.4. The highest BCUT2D eigenvalue weighted by Gasteiger charge is 2.41. The van der Waals surface area contributed by atoms with Crippen molar-refractivity contribution < 1.29 is 18.0 Å². The van der Waals surface area contributed by atoms with Crippen molar-refractivity contribution in [1.82, 2.24) is 20.0 Å². The van der Waals surface area contributed by atoms with Crippen LogP contribution >= 0.6 is 24.0 Å². The van der Waals surface area contributed by atoms with Crippen molar-refractivity contribution in [2.75, 3.05) is 46.8 Å². The SMILES string of the molecule is CC(C)NC(=NCC(=O)N(C)C)N1CCN(C(C)C(F)(F)F)CC1.I. The average molecular weight is 479 g/mol. The maximum Gasteiger partial charge on any atom is 0.403 e. The van der Waals surface area contributed by atoms with Crippen molar-refractivity contribution in [3.63, 3.8) is 0 Å². The lowest BCUT2D eigenvalue weighted by Gasteiger charge is -2.40. The molecule has 0 radical (unpaired) electrons. The summed E-state index contributed by atoms with van der Waals surface area (Å²) in [6.45, 7) is 6.59. The summed E-state index contributed by atoms with van der Waals surface area (Å²) in [5.74, 6) is 0.446. The molecular weight excluding hydrogens is 450 g/mol. The van der Waals surface area contributed by atoms with Crippen molar-refractivity contribution in [2.45, 2.75) is 39.0 Å². The summed E-state index contributed by atoms with van der Waals surface area (Å²) in [7, 11) is 3.31. The molecule has 0 spiro atoms. The average Bonchev–Trinajstić information content (AvgIpc) is 2.49. The molecule has 148 valence electrons. The predicted molar refractivity (Wildman–Crippen MR) is 103 cm³/mol. The molecule has 0 saturated carbocycles. The topological polar surface area (TPSA) is 51.2 Å². The minimum Gasteiger partial charge on any atom is -0.354 e. The third-order valence-electron chi connectivity index (χ3n) is 3.92. The third-order valence-corrected chi connectivity index (χ3v) is 3.92. The second-order valence-corrected chi connectivity index (χ2v) is 6.47. The molecule has 1 fully saturated rings. The van der Waals surface area contributed by atoms with E-state index in [0.29, 0.717) is 32.1 Å². The molecule has 0 aromatic carbocycles. The Balaban J connectivity index is 0.00000576. The zero-order chi connectivity index (χ0) is 18.5. The van der Waals surface area contributed by atoms with E-state index in [1.165, 1.54) is 16.7 Å². The van der Waals surface area contributed by atoms with Crippen LogP contribution in [0, 0.1) is 0 Å². The van der Waals surface area contributed by atoms with Gasteiger partial charge in [0.15, 0.2) is 5.96 Å². The summed E-state index contributed by atoms with van der Waals surface area (Å²) in [6, 6.07) is -1.33. The van der Waals surface area contributed by atoms with E-state index in [1.807, 2.05) is 18.7 Å². The van der Waals surface area contributed by atoms with Gasteiger partial charge in [-0.15, -0.1) is 24.0 Å². The van der Waals surface area contributed by atoms with E-state index in [0.717, 1.165) is 0 Å². The Morgan fingerprint density at radius 3 is 2.08 bits per heavy atom. The minimum atomic E-state index is -4.21. The van der Waals surface area contributed by atoms with Crippen LogP contribution in [0.3, 0.4) is 0 Å². The summed E-state index contributed by atoms with van der Waals surface area (Å²) >= 11 is 0. The fourth-order valence-electron chi connectivity index (χ4n) is 2.31. The molecular formula is C15H29F3IN5O. The molecule has 10 heteroatoms. The molecule has 1 aliphatic heterocycles. The molecule has 0 aromatic heterocycles. The van der Waals surface area contributed by atoms with Crippen LogP contribution in [0.15, 0.2) is 4.99 Å². The van der Waals surface area contributed by atoms with Crippen LogP contribution < -0.4 is 5.32 Å². The highest BCUT2D eigenvalue weighted by atomic mass is 127. The Morgan fingerprint density at radius 2 is 1.68 bits per heavy atom. The number of carbonyl (C=O) groups excluding carboxylic acids is 1. The highest BCUT2D eigenvalue weighted by Crippen LogP contribution is 2.25. The van der Waals surface area contributed by atoms with E-state index in [2.05, 4.69) is 10.3 Å². The lowest BCUT2D eigenvalue weighted by atomic mass is 10.2. The number of likely N-dealkylation sites (N-methyl/N-ethyl adjacent to an activating group) is 1. The predicted octanol–water partition coefficient (Wildman–Crippen LogP) is 1.61. The van der Waals surface area contributed by atoms with Crippen molar-refractivity contribution in [2.24, 2.45) is 4.99 Å². The normalized spacial score (nSPS) is 18.0. The molecule has 0 bridgehead atoms. The Hall–Kier alpha value is -0.780. The van der Waals surface area contributed by atoms with Gasteiger partial charge in [-0.3, -0.25) is 9.69 Å². The summed E-state index contributed by atoms with van der Waals surface area (Å²) < 4.78 is 38.4. The Kier molecular flexibility index (Phi) is 10.1. The second-order valence-electron chi connectivity index (χ2n) is 6.47. The first-order valence-corrected chi connectivity index (χ1v) is 8.09. The van der Waals surface area contributed by atoms with E-state index in [1.54, 1.807) is 14.1 Å². The van der Waals surface area contributed by atoms with Gasteiger partial charge >= 0.3 is 6.18 Å². The van der Waals surface area contributed by atoms with Crippen molar-refractivity contribution in [3.05, 3.63) is 0 Å². The van der Waals surface area contributed by atoms with Gasteiger partial charge in [-0.1, -0.05) is 0 Å². The Morgan fingerprint density at radius 1 is 1.16 bits per heavy atom. The summed E-state index contributed by atoms with van der Waals surface area (Å²) in [5.41, 5.74) is 0. The number of nitrogens with zero attached hydrogens (tertiary/aromatic N) is 4. The van der Waals surface area contributed by atoms with E-state index < -0.39 is 12.2 Å². The van der Waals surface area contributed by atoms with Gasteiger partial charge in [0.25, 0.3) is 0 Å². The van der Waals surface area contributed by atoms with E-state index in [9.17, 15) is 18.0 Å². The Labute approximate surface area is 164 Å². The van der Waals surface area contributed by atoms with E-state index >= 15 is 0 Å². The highest BCUT2D eigenvalue weighted by molar-refractivity contribution is 14.0. The third kappa shape index (κ3) is 7.97. The molecule has 0 aliphatic carbocycles. The van der Waals surface area contributed by atoms with E-state index in [4.69, 9.17) is 0 Å². The lowest BCUT2D eigenvalue weighted by molar-refractivity contribution is -0.181. The maximum absolute atomic E-state index is 12.8. The molecule has 1 rings (SSSR count).